The Balaban J connectivity index is 1.94. The van der Waals surface area contributed by atoms with Crippen LogP contribution in [-0.4, -0.2) is 17.4 Å². The SMILES string of the molecule is CCC(=O)NC/C=C1\CCc2ccc3nc(C)oc3c21. The number of hydrogen-bond donors (Lipinski definition) is 1. The van der Waals surface area contributed by atoms with Gasteiger partial charge in [0.25, 0.3) is 0 Å². The lowest BCUT2D eigenvalue weighted by Gasteiger charge is -2.03. The number of carbonyl (C=O) groups excluding carboxylic acids is 1. The highest BCUT2D eigenvalue weighted by atomic mass is 16.3. The first-order chi connectivity index (χ1) is 9.69. The summed E-state index contributed by atoms with van der Waals surface area (Å²) in [6.07, 6.45) is 4.64. The standard InChI is InChI=1S/C16H18N2O2/c1-3-14(19)17-9-8-12-5-4-11-6-7-13-16(15(11)12)20-10(2)18-13/h6-8H,3-5,9H2,1-2H3,(H,17,19)/b12-8+. The Kier molecular flexibility index (Phi) is 3.30. The fourth-order valence-electron chi connectivity index (χ4n) is 2.72. The zero-order chi connectivity index (χ0) is 14.1. The van der Waals surface area contributed by atoms with Crippen molar-refractivity contribution in [1.82, 2.24) is 10.3 Å². The normalized spacial score (nSPS) is 15.8. The minimum absolute atomic E-state index is 0.0776. The van der Waals surface area contributed by atoms with Crippen molar-refractivity contribution >= 4 is 22.6 Å². The number of carbonyl (C=O) groups is 1. The summed E-state index contributed by atoms with van der Waals surface area (Å²) in [5, 5.41) is 2.88. The number of fused-ring (bicyclic) bond motifs is 3. The van der Waals surface area contributed by atoms with Gasteiger partial charge in [0.2, 0.25) is 5.91 Å². The van der Waals surface area contributed by atoms with Crippen molar-refractivity contribution in [1.29, 1.82) is 0 Å². The van der Waals surface area contributed by atoms with E-state index in [0.29, 0.717) is 18.9 Å². The van der Waals surface area contributed by atoms with E-state index in [0.717, 1.165) is 23.9 Å². The van der Waals surface area contributed by atoms with Crippen LogP contribution in [0.25, 0.3) is 16.7 Å². The van der Waals surface area contributed by atoms with Crippen molar-refractivity contribution in [3.63, 3.8) is 0 Å². The summed E-state index contributed by atoms with van der Waals surface area (Å²) in [4.78, 5) is 15.7. The van der Waals surface area contributed by atoms with Gasteiger partial charge in [-0.2, -0.15) is 0 Å². The van der Waals surface area contributed by atoms with Crippen molar-refractivity contribution in [3.8, 4) is 0 Å². The molecule has 0 saturated carbocycles. The molecule has 1 N–H and O–H groups in total. The average Bonchev–Trinajstić information content (AvgIpc) is 3.00. The predicted molar refractivity (Wildman–Crippen MR) is 78.3 cm³/mol. The molecule has 0 bridgehead atoms. The van der Waals surface area contributed by atoms with Crippen molar-refractivity contribution in [2.45, 2.75) is 33.1 Å². The minimum Gasteiger partial charge on any atom is -0.440 e. The van der Waals surface area contributed by atoms with Crippen LogP contribution < -0.4 is 5.32 Å². The monoisotopic (exact) mass is 270 g/mol. The Morgan fingerprint density at radius 3 is 3.10 bits per heavy atom. The van der Waals surface area contributed by atoms with Gasteiger partial charge in [0.15, 0.2) is 11.5 Å². The highest BCUT2D eigenvalue weighted by molar-refractivity contribution is 5.91. The maximum absolute atomic E-state index is 11.3. The van der Waals surface area contributed by atoms with Gasteiger partial charge in [0.05, 0.1) is 0 Å². The van der Waals surface area contributed by atoms with E-state index in [9.17, 15) is 4.79 Å². The number of benzene rings is 1. The number of nitrogens with zero attached hydrogens (tertiary/aromatic N) is 1. The van der Waals surface area contributed by atoms with Crippen LogP contribution in [0, 0.1) is 6.92 Å². The van der Waals surface area contributed by atoms with Crippen LogP contribution in [0.4, 0.5) is 0 Å². The summed E-state index contributed by atoms with van der Waals surface area (Å²) < 4.78 is 5.75. The van der Waals surface area contributed by atoms with E-state index in [-0.39, 0.29) is 5.91 Å². The van der Waals surface area contributed by atoms with Gasteiger partial charge >= 0.3 is 0 Å². The fraction of sp³-hybridized carbons (Fsp3) is 0.375. The van der Waals surface area contributed by atoms with Crippen molar-refractivity contribution in [3.05, 3.63) is 35.2 Å². The largest absolute Gasteiger partial charge is 0.440 e. The number of hydrogen-bond acceptors (Lipinski definition) is 3. The summed E-state index contributed by atoms with van der Waals surface area (Å²) in [6.45, 7) is 4.30. The van der Waals surface area contributed by atoms with Gasteiger partial charge in [0, 0.05) is 25.5 Å². The molecule has 0 saturated heterocycles. The summed E-state index contributed by atoms with van der Waals surface area (Å²) in [5.74, 6) is 0.771. The molecular weight excluding hydrogens is 252 g/mol. The topological polar surface area (TPSA) is 55.1 Å². The second-order valence-electron chi connectivity index (χ2n) is 5.07. The van der Waals surface area contributed by atoms with Crippen molar-refractivity contribution < 1.29 is 9.21 Å². The predicted octanol–water partition coefficient (Wildman–Crippen LogP) is 2.99. The third-order valence-electron chi connectivity index (χ3n) is 3.70. The van der Waals surface area contributed by atoms with Gasteiger partial charge in [-0.1, -0.05) is 19.1 Å². The van der Waals surface area contributed by atoms with Crippen LogP contribution in [0.2, 0.25) is 0 Å². The van der Waals surface area contributed by atoms with Crippen LogP contribution in [0.15, 0.2) is 22.6 Å². The number of rotatable bonds is 3. The third kappa shape index (κ3) is 2.22. The Morgan fingerprint density at radius 2 is 2.30 bits per heavy atom. The Bertz CT molecular complexity index is 698. The van der Waals surface area contributed by atoms with E-state index in [4.69, 9.17) is 4.42 Å². The third-order valence-corrected chi connectivity index (χ3v) is 3.70. The number of aromatic nitrogens is 1. The number of aryl methyl sites for hydroxylation is 2. The number of allylic oxidation sites excluding steroid dienone is 1. The first-order valence-corrected chi connectivity index (χ1v) is 7.04. The van der Waals surface area contributed by atoms with E-state index < -0.39 is 0 Å². The first-order valence-electron chi connectivity index (χ1n) is 7.04. The molecule has 1 aromatic heterocycles. The molecule has 1 aromatic carbocycles. The van der Waals surface area contributed by atoms with E-state index in [1.165, 1.54) is 16.7 Å². The number of oxazole rings is 1. The highest BCUT2D eigenvalue weighted by Gasteiger charge is 2.21. The van der Waals surface area contributed by atoms with Crippen molar-refractivity contribution in [2.24, 2.45) is 0 Å². The molecule has 1 aliphatic carbocycles. The molecular formula is C16H18N2O2. The zero-order valence-corrected chi connectivity index (χ0v) is 11.8. The molecule has 1 amide bonds. The highest BCUT2D eigenvalue weighted by Crippen LogP contribution is 2.37. The molecule has 0 fully saturated rings. The van der Waals surface area contributed by atoms with Crippen LogP contribution >= 0.6 is 0 Å². The van der Waals surface area contributed by atoms with Gasteiger partial charge in [-0.3, -0.25) is 4.79 Å². The van der Waals surface area contributed by atoms with Gasteiger partial charge in [0.1, 0.15) is 5.52 Å². The summed E-state index contributed by atoms with van der Waals surface area (Å²) in [6, 6.07) is 4.15. The molecule has 4 nitrogen and oxygen atoms in total. The molecule has 104 valence electrons. The maximum atomic E-state index is 11.3. The lowest BCUT2D eigenvalue weighted by Crippen LogP contribution is -2.22. The second-order valence-corrected chi connectivity index (χ2v) is 5.07. The van der Waals surface area contributed by atoms with Crippen LogP contribution in [0.1, 0.15) is 36.8 Å². The Hall–Kier alpha value is -2.10. The number of nitrogens with one attached hydrogen (secondary N) is 1. The van der Waals surface area contributed by atoms with Gasteiger partial charge in [-0.15, -0.1) is 0 Å². The van der Waals surface area contributed by atoms with Gasteiger partial charge < -0.3 is 9.73 Å². The molecule has 3 rings (SSSR count). The number of amides is 1. The summed E-state index contributed by atoms with van der Waals surface area (Å²) in [5.41, 5.74) is 5.52. The molecule has 0 radical (unpaired) electrons. The van der Waals surface area contributed by atoms with E-state index in [2.05, 4.69) is 22.4 Å². The lowest BCUT2D eigenvalue weighted by molar-refractivity contribution is -0.120. The molecule has 4 heteroatoms. The molecule has 0 unspecified atom stereocenters. The fourth-order valence-corrected chi connectivity index (χ4v) is 2.72. The smallest absolute Gasteiger partial charge is 0.219 e. The molecule has 0 spiro atoms. The molecule has 0 aliphatic heterocycles. The van der Waals surface area contributed by atoms with Gasteiger partial charge in [-0.05, 0) is 30.0 Å². The van der Waals surface area contributed by atoms with Crippen molar-refractivity contribution in [2.75, 3.05) is 6.54 Å². The van der Waals surface area contributed by atoms with E-state index in [1.54, 1.807) is 0 Å². The first kappa shape index (κ1) is 12.9. The summed E-state index contributed by atoms with van der Waals surface area (Å²) in [7, 11) is 0. The van der Waals surface area contributed by atoms with Crippen LogP contribution in [0.3, 0.4) is 0 Å². The van der Waals surface area contributed by atoms with E-state index in [1.807, 2.05) is 19.9 Å². The average molecular weight is 270 g/mol. The molecule has 0 atom stereocenters. The lowest BCUT2D eigenvalue weighted by atomic mass is 10.1. The van der Waals surface area contributed by atoms with E-state index >= 15 is 0 Å². The van der Waals surface area contributed by atoms with Crippen LogP contribution in [-0.2, 0) is 11.2 Å². The quantitative estimate of drug-likeness (QED) is 0.932. The molecule has 1 aliphatic rings. The molecule has 2 aromatic rings. The zero-order valence-electron chi connectivity index (χ0n) is 11.8. The minimum atomic E-state index is 0.0776. The molecule has 1 heterocycles. The Morgan fingerprint density at radius 1 is 1.45 bits per heavy atom. The maximum Gasteiger partial charge on any atom is 0.219 e. The molecule has 20 heavy (non-hydrogen) atoms. The summed E-state index contributed by atoms with van der Waals surface area (Å²) >= 11 is 0. The second kappa shape index (κ2) is 5.12. The van der Waals surface area contributed by atoms with Crippen LogP contribution in [0.5, 0.6) is 0 Å². The Labute approximate surface area is 117 Å². The van der Waals surface area contributed by atoms with Gasteiger partial charge in [-0.25, -0.2) is 4.98 Å².